The van der Waals surface area contributed by atoms with Crippen LogP contribution in [0.25, 0.3) is 10.1 Å². The summed E-state index contributed by atoms with van der Waals surface area (Å²) in [6.07, 6.45) is -0.528. The maximum atomic E-state index is 9.85. The van der Waals surface area contributed by atoms with Crippen molar-refractivity contribution in [1.29, 1.82) is 0 Å². The molecule has 0 saturated carbocycles. The van der Waals surface area contributed by atoms with Gasteiger partial charge in [0.2, 0.25) is 0 Å². The number of fused-ring (bicyclic) bond motifs is 1. The van der Waals surface area contributed by atoms with Crippen LogP contribution >= 0.6 is 11.3 Å². The van der Waals surface area contributed by atoms with Gasteiger partial charge in [-0.15, -0.1) is 11.3 Å². The molecule has 1 aromatic heterocycles. The lowest BCUT2D eigenvalue weighted by Crippen LogP contribution is -2.01. The highest BCUT2D eigenvalue weighted by Gasteiger charge is 2.11. The summed E-state index contributed by atoms with van der Waals surface area (Å²) in [6, 6.07) is 14.3. The van der Waals surface area contributed by atoms with Crippen LogP contribution in [0.15, 0.2) is 47.8 Å². The van der Waals surface area contributed by atoms with Gasteiger partial charge in [-0.2, -0.15) is 0 Å². The van der Waals surface area contributed by atoms with Crippen molar-refractivity contribution in [2.75, 3.05) is 0 Å². The van der Waals surface area contributed by atoms with Crippen molar-refractivity contribution in [3.63, 3.8) is 0 Å². The lowest BCUT2D eigenvalue weighted by molar-refractivity contribution is 0.190. The molecule has 0 amide bonds. The first kappa shape index (κ1) is 14.1. The van der Waals surface area contributed by atoms with Crippen LogP contribution < -0.4 is 4.74 Å². The Morgan fingerprint density at radius 3 is 2.81 bits per heavy atom. The first-order chi connectivity index (χ1) is 10.1. The summed E-state index contributed by atoms with van der Waals surface area (Å²) in [5, 5.41) is 13.2. The number of benzene rings is 2. The molecule has 0 fully saturated rings. The van der Waals surface area contributed by atoms with E-state index in [1.54, 1.807) is 18.3 Å². The van der Waals surface area contributed by atoms with Crippen molar-refractivity contribution < 1.29 is 9.84 Å². The van der Waals surface area contributed by atoms with E-state index in [0.717, 1.165) is 16.9 Å². The monoisotopic (exact) mass is 298 g/mol. The first-order valence-electron chi connectivity index (χ1n) is 7.01. The predicted octanol–water partition coefficient (Wildman–Crippen LogP) is 4.84. The molecule has 0 aliphatic rings. The SMILES string of the molecule is Cc1ccc(C(C)O)c(OCc2csc3ccccc23)c1. The van der Waals surface area contributed by atoms with Crippen molar-refractivity contribution in [3.05, 3.63) is 64.5 Å². The van der Waals surface area contributed by atoms with Crippen LogP contribution in [0, 0.1) is 6.92 Å². The molecule has 3 rings (SSSR count). The molecule has 0 aliphatic heterocycles. The maximum Gasteiger partial charge on any atom is 0.125 e. The molecule has 0 radical (unpaired) electrons. The number of rotatable bonds is 4. The molecular formula is C18H18O2S. The largest absolute Gasteiger partial charge is 0.488 e. The highest BCUT2D eigenvalue weighted by atomic mass is 32.1. The Balaban J connectivity index is 1.86. The van der Waals surface area contributed by atoms with E-state index in [-0.39, 0.29) is 0 Å². The standard InChI is InChI=1S/C18H18O2S/c1-12-7-8-15(13(2)19)17(9-12)20-10-14-11-21-18-6-4-3-5-16(14)18/h3-9,11,13,19H,10H2,1-2H3. The minimum atomic E-state index is -0.528. The van der Waals surface area contributed by atoms with E-state index in [4.69, 9.17) is 4.74 Å². The average molecular weight is 298 g/mol. The molecule has 3 aromatic rings. The molecule has 1 heterocycles. The van der Waals surface area contributed by atoms with Crippen molar-refractivity contribution in [3.8, 4) is 5.75 Å². The number of ether oxygens (including phenoxy) is 1. The van der Waals surface area contributed by atoms with Gasteiger partial charge in [0.05, 0.1) is 6.10 Å². The fraction of sp³-hybridized carbons (Fsp3) is 0.222. The fourth-order valence-electron chi connectivity index (χ4n) is 2.41. The second-order valence-corrected chi connectivity index (χ2v) is 6.17. The Kier molecular flexibility index (Phi) is 3.95. The predicted molar refractivity (Wildman–Crippen MR) is 88.0 cm³/mol. The Labute approximate surface area is 128 Å². The molecule has 0 bridgehead atoms. The topological polar surface area (TPSA) is 29.5 Å². The van der Waals surface area contributed by atoms with Crippen LogP contribution in [0.3, 0.4) is 0 Å². The van der Waals surface area contributed by atoms with Crippen LogP contribution in [0.4, 0.5) is 0 Å². The van der Waals surface area contributed by atoms with Crippen LogP contribution in [0.2, 0.25) is 0 Å². The minimum Gasteiger partial charge on any atom is -0.488 e. The van der Waals surface area contributed by atoms with E-state index >= 15 is 0 Å². The van der Waals surface area contributed by atoms with Crippen molar-refractivity contribution >= 4 is 21.4 Å². The molecule has 1 N–H and O–H groups in total. The second-order valence-electron chi connectivity index (χ2n) is 5.26. The van der Waals surface area contributed by atoms with Crippen molar-refractivity contribution in [2.45, 2.75) is 26.6 Å². The summed E-state index contributed by atoms with van der Waals surface area (Å²) in [4.78, 5) is 0. The third-order valence-corrected chi connectivity index (χ3v) is 4.58. The van der Waals surface area contributed by atoms with Gasteiger partial charge in [0, 0.05) is 15.8 Å². The van der Waals surface area contributed by atoms with Gasteiger partial charge in [0.1, 0.15) is 12.4 Å². The number of aliphatic hydroxyl groups excluding tert-OH is 1. The number of thiophene rings is 1. The van der Waals surface area contributed by atoms with Crippen molar-refractivity contribution in [1.82, 2.24) is 0 Å². The lowest BCUT2D eigenvalue weighted by Gasteiger charge is -2.14. The van der Waals surface area contributed by atoms with E-state index in [9.17, 15) is 5.11 Å². The molecule has 1 unspecified atom stereocenters. The van der Waals surface area contributed by atoms with Gasteiger partial charge in [-0.05, 0) is 42.3 Å². The summed E-state index contributed by atoms with van der Waals surface area (Å²) >= 11 is 1.73. The Bertz CT molecular complexity index is 759. The van der Waals surface area contributed by atoms with E-state index in [1.165, 1.54) is 15.6 Å². The first-order valence-corrected chi connectivity index (χ1v) is 7.89. The van der Waals surface area contributed by atoms with Crippen molar-refractivity contribution in [2.24, 2.45) is 0 Å². The maximum absolute atomic E-state index is 9.85. The molecule has 2 nitrogen and oxygen atoms in total. The van der Waals surface area contributed by atoms with Crippen LogP contribution in [-0.2, 0) is 6.61 Å². The number of hydrogen-bond donors (Lipinski definition) is 1. The summed E-state index contributed by atoms with van der Waals surface area (Å²) < 4.78 is 7.25. The molecule has 3 heteroatoms. The zero-order valence-corrected chi connectivity index (χ0v) is 13.0. The number of hydrogen-bond acceptors (Lipinski definition) is 3. The second kappa shape index (κ2) is 5.88. The number of aliphatic hydroxyl groups is 1. The van der Waals surface area contributed by atoms with Crippen LogP contribution in [-0.4, -0.2) is 5.11 Å². The summed E-state index contributed by atoms with van der Waals surface area (Å²) in [5.74, 6) is 0.764. The summed E-state index contributed by atoms with van der Waals surface area (Å²) in [7, 11) is 0. The van der Waals surface area contributed by atoms with E-state index in [0.29, 0.717) is 6.61 Å². The number of aryl methyl sites for hydroxylation is 1. The molecule has 0 spiro atoms. The summed E-state index contributed by atoms with van der Waals surface area (Å²) in [6.45, 7) is 4.31. The third kappa shape index (κ3) is 2.94. The quantitative estimate of drug-likeness (QED) is 0.746. The zero-order chi connectivity index (χ0) is 14.8. The third-order valence-electron chi connectivity index (χ3n) is 3.56. The normalized spacial score (nSPS) is 12.5. The molecule has 2 aromatic carbocycles. The zero-order valence-electron chi connectivity index (χ0n) is 12.2. The van der Waals surface area contributed by atoms with E-state index < -0.39 is 6.10 Å². The molecule has 0 saturated heterocycles. The molecule has 108 valence electrons. The molecule has 21 heavy (non-hydrogen) atoms. The van der Waals surface area contributed by atoms with E-state index in [2.05, 4.69) is 23.6 Å². The molecule has 0 aliphatic carbocycles. The fourth-order valence-corrected chi connectivity index (χ4v) is 3.36. The highest BCUT2D eigenvalue weighted by molar-refractivity contribution is 7.17. The molecule has 1 atom stereocenters. The van der Waals surface area contributed by atoms with Gasteiger partial charge in [-0.3, -0.25) is 0 Å². The average Bonchev–Trinajstić information content (AvgIpc) is 2.88. The van der Waals surface area contributed by atoms with Gasteiger partial charge in [-0.1, -0.05) is 30.3 Å². The molecular weight excluding hydrogens is 280 g/mol. The summed E-state index contributed by atoms with van der Waals surface area (Å²) in [5.41, 5.74) is 3.15. The lowest BCUT2D eigenvalue weighted by atomic mass is 10.1. The van der Waals surface area contributed by atoms with Gasteiger partial charge < -0.3 is 9.84 Å². The highest BCUT2D eigenvalue weighted by Crippen LogP contribution is 2.30. The smallest absolute Gasteiger partial charge is 0.125 e. The van der Waals surface area contributed by atoms with Gasteiger partial charge in [0.25, 0.3) is 0 Å². The Morgan fingerprint density at radius 1 is 1.19 bits per heavy atom. The van der Waals surface area contributed by atoms with E-state index in [1.807, 2.05) is 31.2 Å². The van der Waals surface area contributed by atoms with Crippen LogP contribution in [0.1, 0.15) is 29.7 Å². The Morgan fingerprint density at radius 2 is 2.00 bits per heavy atom. The van der Waals surface area contributed by atoms with Gasteiger partial charge >= 0.3 is 0 Å². The Hall–Kier alpha value is -1.84. The minimum absolute atomic E-state index is 0.521. The van der Waals surface area contributed by atoms with Gasteiger partial charge in [0.15, 0.2) is 0 Å². The van der Waals surface area contributed by atoms with Crippen LogP contribution in [0.5, 0.6) is 5.75 Å². The van der Waals surface area contributed by atoms with Gasteiger partial charge in [-0.25, -0.2) is 0 Å².